The summed E-state index contributed by atoms with van der Waals surface area (Å²) in [6, 6.07) is 12.0. The highest BCUT2D eigenvalue weighted by molar-refractivity contribution is 7.99. The van der Waals surface area contributed by atoms with Crippen LogP contribution in [-0.4, -0.2) is 42.9 Å². The lowest BCUT2D eigenvalue weighted by atomic mass is 10.1. The summed E-state index contributed by atoms with van der Waals surface area (Å²) in [6.45, 7) is 7.09. The third-order valence-corrected chi connectivity index (χ3v) is 5.50. The van der Waals surface area contributed by atoms with Crippen molar-refractivity contribution in [2.24, 2.45) is 0 Å². The molecule has 0 atom stereocenters. The van der Waals surface area contributed by atoms with Crippen LogP contribution in [0.25, 0.3) is 0 Å². The molecule has 28 heavy (non-hydrogen) atoms. The summed E-state index contributed by atoms with van der Waals surface area (Å²) in [5, 5.41) is 12.9. The average Bonchev–Trinajstić information content (AvgIpc) is 2.69. The summed E-state index contributed by atoms with van der Waals surface area (Å²) in [4.78, 5) is 18.9. The molecule has 1 aliphatic heterocycles. The van der Waals surface area contributed by atoms with E-state index in [9.17, 15) is 10.1 Å². The second-order valence-electron chi connectivity index (χ2n) is 6.67. The molecule has 2 aromatic rings. The Morgan fingerprint density at radius 3 is 2.68 bits per heavy atom. The molecule has 7 heteroatoms. The Labute approximate surface area is 169 Å². The number of aromatic nitrogens is 1. The van der Waals surface area contributed by atoms with Gasteiger partial charge >= 0.3 is 0 Å². The highest BCUT2D eigenvalue weighted by Gasteiger charge is 2.12. The predicted octanol–water partition coefficient (Wildman–Crippen LogP) is 3.53. The zero-order valence-electron chi connectivity index (χ0n) is 16.2. The summed E-state index contributed by atoms with van der Waals surface area (Å²) >= 11 is 1.45. The average molecular weight is 397 g/mol. The van der Waals surface area contributed by atoms with Gasteiger partial charge in [0.05, 0.1) is 18.8 Å². The van der Waals surface area contributed by atoms with Gasteiger partial charge in [0.25, 0.3) is 0 Å². The smallest absolute Gasteiger partial charge is 0.225 e. The van der Waals surface area contributed by atoms with Crippen molar-refractivity contribution in [3.05, 3.63) is 47.2 Å². The molecule has 0 spiro atoms. The summed E-state index contributed by atoms with van der Waals surface area (Å²) in [5.41, 5.74) is 4.32. The van der Waals surface area contributed by atoms with Gasteiger partial charge in [-0.2, -0.15) is 5.26 Å². The van der Waals surface area contributed by atoms with Gasteiger partial charge in [0.2, 0.25) is 5.91 Å². The molecule has 0 aliphatic carbocycles. The lowest BCUT2D eigenvalue weighted by Gasteiger charge is -2.28. The fourth-order valence-corrected chi connectivity index (χ4v) is 4.12. The summed E-state index contributed by atoms with van der Waals surface area (Å²) < 4.78 is 5.37. The third kappa shape index (κ3) is 5.24. The Morgan fingerprint density at radius 2 is 2.00 bits per heavy atom. The van der Waals surface area contributed by atoms with Crippen molar-refractivity contribution in [3.8, 4) is 6.07 Å². The van der Waals surface area contributed by atoms with Gasteiger partial charge < -0.3 is 15.0 Å². The van der Waals surface area contributed by atoms with Gasteiger partial charge in [-0.1, -0.05) is 0 Å². The molecule has 0 unspecified atom stereocenters. The summed E-state index contributed by atoms with van der Waals surface area (Å²) in [7, 11) is 0. The number of hydrogen-bond donors (Lipinski definition) is 1. The van der Waals surface area contributed by atoms with E-state index in [0.29, 0.717) is 22.8 Å². The molecule has 1 amide bonds. The van der Waals surface area contributed by atoms with Crippen molar-refractivity contribution in [1.82, 2.24) is 4.98 Å². The molecule has 0 bridgehead atoms. The minimum atomic E-state index is -0.0468. The van der Waals surface area contributed by atoms with E-state index in [2.05, 4.69) is 21.3 Å². The fourth-order valence-electron chi connectivity index (χ4n) is 3.08. The van der Waals surface area contributed by atoms with Crippen molar-refractivity contribution >= 4 is 29.0 Å². The van der Waals surface area contributed by atoms with Crippen molar-refractivity contribution in [2.45, 2.75) is 25.3 Å². The van der Waals surface area contributed by atoms with Gasteiger partial charge in [-0.05, 0) is 49.7 Å². The summed E-state index contributed by atoms with van der Waals surface area (Å²) in [5.74, 6) is 0.525. The monoisotopic (exact) mass is 396 g/mol. The minimum Gasteiger partial charge on any atom is -0.378 e. The number of carbonyl (C=O) groups is 1. The second-order valence-corrected chi connectivity index (χ2v) is 7.75. The first-order valence-electron chi connectivity index (χ1n) is 9.30. The van der Waals surface area contributed by atoms with Gasteiger partial charge in [0, 0.05) is 42.3 Å². The number of amides is 1. The summed E-state index contributed by atoms with van der Waals surface area (Å²) in [6.07, 6.45) is 0.357. The van der Waals surface area contributed by atoms with Crippen molar-refractivity contribution < 1.29 is 9.53 Å². The molecule has 1 fully saturated rings. The van der Waals surface area contributed by atoms with E-state index in [1.165, 1.54) is 11.8 Å². The lowest BCUT2D eigenvalue weighted by Crippen LogP contribution is -2.36. The van der Waals surface area contributed by atoms with Crippen LogP contribution in [0.3, 0.4) is 0 Å². The Balaban J connectivity index is 1.50. The highest BCUT2D eigenvalue weighted by atomic mass is 32.2. The van der Waals surface area contributed by atoms with Crippen LogP contribution >= 0.6 is 11.8 Å². The van der Waals surface area contributed by atoms with E-state index in [4.69, 9.17) is 4.74 Å². The van der Waals surface area contributed by atoms with E-state index in [1.807, 2.05) is 44.2 Å². The number of aryl methyl sites for hydroxylation is 2. The number of ether oxygens (including phenoxy) is 1. The molecule has 146 valence electrons. The van der Waals surface area contributed by atoms with Gasteiger partial charge in [-0.15, -0.1) is 11.8 Å². The number of carbonyl (C=O) groups excluding carboxylic acids is 1. The maximum Gasteiger partial charge on any atom is 0.225 e. The molecule has 0 radical (unpaired) electrons. The van der Waals surface area contributed by atoms with Crippen LogP contribution in [0.1, 0.15) is 23.2 Å². The quantitative estimate of drug-likeness (QED) is 0.753. The van der Waals surface area contributed by atoms with E-state index < -0.39 is 0 Å². The van der Waals surface area contributed by atoms with Crippen molar-refractivity contribution in [1.29, 1.82) is 5.26 Å². The molecule has 1 N–H and O–H groups in total. The number of nitriles is 1. The zero-order valence-corrected chi connectivity index (χ0v) is 17.0. The third-order valence-electron chi connectivity index (χ3n) is 4.52. The van der Waals surface area contributed by atoms with Crippen LogP contribution in [0, 0.1) is 25.2 Å². The number of nitrogens with zero attached hydrogens (tertiary/aromatic N) is 3. The van der Waals surface area contributed by atoms with E-state index >= 15 is 0 Å². The molecule has 3 rings (SSSR count). The Bertz CT molecular complexity index is 871. The van der Waals surface area contributed by atoms with Crippen LogP contribution < -0.4 is 10.2 Å². The first-order chi connectivity index (χ1) is 13.6. The lowest BCUT2D eigenvalue weighted by molar-refractivity contribution is -0.115. The van der Waals surface area contributed by atoms with Crippen LogP contribution in [0.15, 0.2) is 35.4 Å². The second kappa shape index (κ2) is 9.58. The van der Waals surface area contributed by atoms with Crippen LogP contribution in [0.4, 0.5) is 11.4 Å². The van der Waals surface area contributed by atoms with Crippen molar-refractivity contribution in [2.75, 3.05) is 42.3 Å². The van der Waals surface area contributed by atoms with Crippen LogP contribution in [-0.2, 0) is 9.53 Å². The number of thioether (sulfide) groups is 1. The molecule has 1 aromatic heterocycles. The number of morpholine rings is 1. The number of pyridine rings is 1. The first kappa shape index (κ1) is 20.2. The standard InChI is InChI=1S/C21H24N4O2S/c1-15-13-16(2)23-21(19(15)14-22)28-12-7-20(26)24-17-3-5-18(6-4-17)25-8-10-27-11-9-25/h3-6,13H,7-12H2,1-2H3,(H,24,26). The minimum absolute atomic E-state index is 0.0468. The molecule has 6 nitrogen and oxygen atoms in total. The molecule has 1 aliphatic rings. The number of hydrogen-bond acceptors (Lipinski definition) is 6. The normalized spacial score (nSPS) is 13.8. The Hall–Kier alpha value is -2.56. The van der Waals surface area contributed by atoms with Gasteiger partial charge in [0.15, 0.2) is 0 Å². The SMILES string of the molecule is Cc1cc(C)c(C#N)c(SCCC(=O)Nc2ccc(N3CCOCC3)cc2)n1. The van der Waals surface area contributed by atoms with Gasteiger partial charge in [-0.3, -0.25) is 4.79 Å². The van der Waals surface area contributed by atoms with Gasteiger partial charge in [0.1, 0.15) is 11.1 Å². The molecule has 2 heterocycles. The van der Waals surface area contributed by atoms with Crippen LogP contribution in [0.2, 0.25) is 0 Å². The highest BCUT2D eigenvalue weighted by Crippen LogP contribution is 2.24. The van der Waals surface area contributed by atoms with Gasteiger partial charge in [-0.25, -0.2) is 4.98 Å². The van der Waals surface area contributed by atoms with Crippen LogP contribution in [0.5, 0.6) is 0 Å². The predicted molar refractivity (Wildman–Crippen MR) is 112 cm³/mol. The maximum atomic E-state index is 12.2. The number of nitrogens with one attached hydrogen (secondary N) is 1. The Kier molecular flexibility index (Phi) is 6.90. The molecule has 0 saturated carbocycles. The Morgan fingerprint density at radius 1 is 1.29 bits per heavy atom. The molecule has 1 saturated heterocycles. The fraction of sp³-hybridized carbons (Fsp3) is 0.381. The van der Waals surface area contributed by atoms with E-state index in [0.717, 1.165) is 48.9 Å². The number of benzene rings is 1. The molecular weight excluding hydrogens is 372 g/mol. The van der Waals surface area contributed by atoms with E-state index in [1.54, 1.807) is 0 Å². The maximum absolute atomic E-state index is 12.2. The zero-order chi connectivity index (χ0) is 19.9. The molecular formula is C21H24N4O2S. The van der Waals surface area contributed by atoms with E-state index in [-0.39, 0.29) is 5.91 Å². The number of rotatable bonds is 6. The topological polar surface area (TPSA) is 78.2 Å². The molecule has 1 aromatic carbocycles. The number of anilines is 2. The first-order valence-corrected chi connectivity index (χ1v) is 10.3. The van der Waals surface area contributed by atoms with Crippen molar-refractivity contribution in [3.63, 3.8) is 0 Å². The largest absolute Gasteiger partial charge is 0.378 e.